The van der Waals surface area contributed by atoms with E-state index in [0.29, 0.717) is 13.1 Å². The molecule has 124 valence electrons. The molecule has 1 aliphatic heterocycles. The molecule has 2 rings (SSSR count). The van der Waals surface area contributed by atoms with Crippen LogP contribution in [0, 0.1) is 11.8 Å². The number of sulfonamides is 1. The summed E-state index contributed by atoms with van der Waals surface area (Å²) < 4.78 is 50.4. The minimum Gasteiger partial charge on any atom is -0.224 e. The summed E-state index contributed by atoms with van der Waals surface area (Å²) in [5, 5.41) is 0.0401. The summed E-state index contributed by atoms with van der Waals surface area (Å²) in [6.45, 7) is 4.86. The van der Waals surface area contributed by atoms with Crippen molar-refractivity contribution in [2.45, 2.75) is 30.1 Å². The Kier molecular flexibility index (Phi) is 4.92. The highest BCUT2D eigenvalue weighted by Gasteiger charge is 2.33. The number of nitrogens with zero attached hydrogens (tertiary/aromatic N) is 1. The van der Waals surface area contributed by atoms with Crippen molar-refractivity contribution in [3.8, 4) is 0 Å². The van der Waals surface area contributed by atoms with Gasteiger partial charge in [0.05, 0.1) is 9.92 Å². The average Bonchev–Trinajstić information content (AvgIpc) is 2.36. The standard InChI is InChI=1S/C14H20ClNO4S2/c1-10-6-11(2)9-16(8-10)22(19,20)14-7-12(21(3,17)18)4-5-13(14)15/h4-5,7,10-11H,6,8-9H2,1-3H3. The van der Waals surface area contributed by atoms with Gasteiger partial charge in [0.25, 0.3) is 0 Å². The van der Waals surface area contributed by atoms with Crippen LogP contribution in [0.15, 0.2) is 28.0 Å². The molecule has 0 bridgehead atoms. The number of hydrogen-bond acceptors (Lipinski definition) is 4. The van der Waals surface area contributed by atoms with E-state index in [-0.39, 0.29) is 26.6 Å². The Morgan fingerprint density at radius 2 is 1.64 bits per heavy atom. The van der Waals surface area contributed by atoms with E-state index in [1.54, 1.807) is 0 Å². The summed E-state index contributed by atoms with van der Waals surface area (Å²) in [7, 11) is -7.30. The Bertz CT molecular complexity index is 764. The summed E-state index contributed by atoms with van der Waals surface area (Å²) in [5.41, 5.74) is 0. The minimum atomic E-state index is -3.80. The maximum absolute atomic E-state index is 12.8. The second-order valence-electron chi connectivity index (χ2n) is 6.13. The zero-order valence-electron chi connectivity index (χ0n) is 12.8. The normalized spacial score (nSPS) is 24.4. The molecule has 0 N–H and O–H groups in total. The molecule has 1 aromatic rings. The van der Waals surface area contributed by atoms with Crippen LogP contribution in [0.5, 0.6) is 0 Å². The molecule has 0 amide bonds. The second kappa shape index (κ2) is 6.11. The molecule has 22 heavy (non-hydrogen) atoms. The molecule has 5 nitrogen and oxygen atoms in total. The van der Waals surface area contributed by atoms with Gasteiger partial charge in [-0.2, -0.15) is 4.31 Å². The smallest absolute Gasteiger partial charge is 0.224 e. The first-order valence-corrected chi connectivity index (χ1v) is 10.7. The van der Waals surface area contributed by atoms with E-state index in [1.807, 2.05) is 13.8 Å². The molecule has 0 aromatic heterocycles. The summed E-state index contributed by atoms with van der Waals surface area (Å²) in [4.78, 5) is -0.188. The van der Waals surface area contributed by atoms with Crippen molar-refractivity contribution in [3.05, 3.63) is 23.2 Å². The minimum absolute atomic E-state index is 0.0401. The molecule has 0 saturated carbocycles. The predicted molar refractivity (Wildman–Crippen MR) is 86.3 cm³/mol. The molecule has 1 saturated heterocycles. The van der Waals surface area contributed by atoms with Crippen LogP contribution in [-0.2, 0) is 19.9 Å². The van der Waals surface area contributed by atoms with E-state index in [0.717, 1.165) is 18.7 Å². The van der Waals surface area contributed by atoms with Crippen LogP contribution >= 0.6 is 11.6 Å². The SMILES string of the molecule is CC1CC(C)CN(S(=O)(=O)c2cc(S(C)(=O)=O)ccc2Cl)C1. The lowest BCUT2D eigenvalue weighted by molar-refractivity contribution is 0.222. The first kappa shape index (κ1) is 17.7. The van der Waals surface area contributed by atoms with E-state index in [4.69, 9.17) is 11.6 Å². The summed E-state index contributed by atoms with van der Waals surface area (Å²) in [6, 6.07) is 3.79. The Morgan fingerprint density at radius 3 is 2.14 bits per heavy atom. The number of sulfone groups is 1. The quantitative estimate of drug-likeness (QED) is 0.824. The number of halogens is 1. The molecule has 1 aliphatic rings. The number of benzene rings is 1. The van der Waals surface area contributed by atoms with E-state index < -0.39 is 19.9 Å². The lowest BCUT2D eigenvalue weighted by Crippen LogP contribution is -2.42. The van der Waals surface area contributed by atoms with E-state index in [2.05, 4.69) is 0 Å². The van der Waals surface area contributed by atoms with Gasteiger partial charge in [0.1, 0.15) is 4.90 Å². The molecule has 0 aliphatic carbocycles. The van der Waals surface area contributed by atoms with Gasteiger partial charge in [0, 0.05) is 19.3 Å². The fourth-order valence-electron chi connectivity index (χ4n) is 2.85. The Labute approximate surface area is 137 Å². The van der Waals surface area contributed by atoms with E-state index in [9.17, 15) is 16.8 Å². The molecule has 0 spiro atoms. The van der Waals surface area contributed by atoms with Crippen LogP contribution < -0.4 is 0 Å². The van der Waals surface area contributed by atoms with E-state index in [1.165, 1.54) is 16.4 Å². The highest BCUT2D eigenvalue weighted by atomic mass is 35.5. The monoisotopic (exact) mass is 365 g/mol. The van der Waals surface area contributed by atoms with E-state index >= 15 is 0 Å². The lowest BCUT2D eigenvalue weighted by Gasteiger charge is -2.34. The van der Waals surface area contributed by atoms with Crippen molar-refractivity contribution < 1.29 is 16.8 Å². The fraction of sp³-hybridized carbons (Fsp3) is 0.571. The summed E-state index contributed by atoms with van der Waals surface area (Å²) in [5.74, 6) is 0.519. The zero-order chi connectivity index (χ0) is 16.7. The third-order valence-electron chi connectivity index (χ3n) is 3.78. The molecule has 1 heterocycles. The molecule has 2 atom stereocenters. The van der Waals surface area contributed by atoms with Crippen molar-refractivity contribution in [1.29, 1.82) is 0 Å². The van der Waals surface area contributed by atoms with Gasteiger partial charge >= 0.3 is 0 Å². The van der Waals surface area contributed by atoms with Crippen molar-refractivity contribution in [3.63, 3.8) is 0 Å². The second-order valence-corrected chi connectivity index (χ2v) is 10.5. The van der Waals surface area contributed by atoms with Crippen molar-refractivity contribution in [2.75, 3.05) is 19.3 Å². The Hall–Kier alpha value is -0.630. The summed E-state index contributed by atoms with van der Waals surface area (Å²) in [6.07, 6.45) is 2.01. The van der Waals surface area contributed by atoms with Crippen LogP contribution in [0.25, 0.3) is 0 Å². The van der Waals surface area contributed by atoms with Gasteiger partial charge in [0.2, 0.25) is 10.0 Å². The fourth-order valence-corrected chi connectivity index (χ4v) is 5.75. The maximum Gasteiger partial charge on any atom is 0.244 e. The van der Waals surface area contributed by atoms with Gasteiger partial charge in [-0.3, -0.25) is 0 Å². The van der Waals surface area contributed by atoms with Crippen LogP contribution in [0.4, 0.5) is 0 Å². The van der Waals surface area contributed by atoms with Crippen LogP contribution in [-0.4, -0.2) is 40.5 Å². The molecular weight excluding hydrogens is 346 g/mol. The van der Waals surface area contributed by atoms with Gasteiger partial charge < -0.3 is 0 Å². The maximum atomic E-state index is 12.8. The molecule has 2 unspecified atom stereocenters. The highest BCUT2D eigenvalue weighted by molar-refractivity contribution is 7.91. The number of piperidine rings is 1. The molecule has 0 radical (unpaired) electrons. The van der Waals surface area contributed by atoms with Gasteiger partial charge in [-0.05, 0) is 36.5 Å². The van der Waals surface area contributed by atoms with Crippen molar-refractivity contribution in [2.24, 2.45) is 11.8 Å². The molecule has 1 aromatic carbocycles. The first-order chi connectivity index (χ1) is 10.0. The third kappa shape index (κ3) is 3.64. The molecule has 8 heteroatoms. The first-order valence-electron chi connectivity index (χ1n) is 7.01. The van der Waals surface area contributed by atoms with Crippen LogP contribution in [0.1, 0.15) is 20.3 Å². The van der Waals surface area contributed by atoms with Crippen molar-refractivity contribution in [1.82, 2.24) is 4.31 Å². The predicted octanol–water partition coefficient (Wildman–Crippen LogP) is 2.41. The van der Waals surface area contributed by atoms with Gasteiger partial charge in [-0.15, -0.1) is 0 Å². The topological polar surface area (TPSA) is 71.5 Å². The average molecular weight is 366 g/mol. The third-order valence-corrected chi connectivity index (χ3v) is 7.21. The highest BCUT2D eigenvalue weighted by Crippen LogP contribution is 2.31. The molecular formula is C14H20ClNO4S2. The number of rotatable bonds is 3. The largest absolute Gasteiger partial charge is 0.244 e. The Morgan fingerprint density at radius 1 is 1.09 bits per heavy atom. The lowest BCUT2D eigenvalue weighted by atomic mass is 9.94. The van der Waals surface area contributed by atoms with Crippen LogP contribution in [0.2, 0.25) is 5.02 Å². The van der Waals surface area contributed by atoms with Gasteiger partial charge in [0.15, 0.2) is 9.84 Å². The van der Waals surface area contributed by atoms with Gasteiger partial charge in [-0.25, -0.2) is 16.8 Å². The zero-order valence-corrected chi connectivity index (χ0v) is 15.2. The molecule has 1 fully saturated rings. The summed E-state index contributed by atoms with van der Waals surface area (Å²) >= 11 is 6.02. The Balaban J connectivity index is 2.49. The van der Waals surface area contributed by atoms with Crippen molar-refractivity contribution >= 4 is 31.5 Å². The van der Waals surface area contributed by atoms with Gasteiger partial charge in [-0.1, -0.05) is 25.4 Å². The number of hydrogen-bond donors (Lipinski definition) is 0. The van der Waals surface area contributed by atoms with Crippen LogP contribution in [0.3, 0.4) is 0 Å².